The summed E-state index contributed by atoms with van der Waals surface area (Å²) in [7, 11) is 1.16. The Morgan fingerprint density at radius 2 is 1.73 bits per heavy atom. The van der Waals surface area contributed by atoms with Crippen molar-refractivity contribution in [1.29, 1.82) is 0 Å². The predicted molar refractivity (Wildman–Crippen MR) is 90.9 cm³/mol. The van der Waals surface area contributed by atoms with Gasteiger partial charge in [0.25, 0.3) is 0 Å². The highest BCUT2D eigenvalue weighted by molar-refractivity contribution is 5.81. The van der Waals surface area contributed by atoms with Crippen LogP contribution >= 0.6 is 0 Å². The second-order valence-electron chi connectivity index (χ2n) is 6.20. The van der Waals surface area contributed by atoms with Gasteiger partial charge in [-0.1, -0.05) is 30.3 Å². The van der Waals surface area contributed by atoms with Gasteiger partial charge in [-0.05, 0) is 26.3 Å². The number of alkyl carbamates (subject to hydrolysis) is 1. The molecule has 0 aliphatic carbocycles. The first-order valence-corrected chi connectivity index (χ1v) is 7.87. The number of hydrogen-bond donors (Lipinski definition) is 2. The van der Waals surface area contributed by atoms with Crippen LogP contribution in [0.2, 0.25) is 0 Å². The molecule has 0 bridgehead atoms. The smallest absolute Gasteiger partial charge is 0.431 e. The first-order chi connectivity index (χ1) is 12.2. The molecule has 0 saturated carbocycles. The summed E-state index contributed by atoms with van der Waals surface area (Å²) in [5, 5.41) is 2.31. The molecular weight excluding hydrogens is 344 g/mol. The van der Waals surface area contributed by atoms with Crippen LogP contribution in [-0.2, 0) is 30.4 Å². The molecule has 1 aromatic rings. The number of ether oxygens (including phenoxy) is 3. The normalized spacial score (nSPS) is 11.8. The monoisotopic (exact) mass is 368 g/mol. The van der Waals surface area contributed by atoms with Gasteiger partial charge in [-0.3, -0.25) is 4.84 Å². The molecule has 0 spiro atoms. The molecule has 2 amide bonds. The van der Waals surface area contributed by atoms with Crippen LogP contribution in [0, 0.1) is 0 Å². The number of amides is 2. The fraction of sp³-hybridized carbons (Fsp3) is 0.471. The highest BCUT2D eigenvalue weighted by Gasteiger charge is 2.24. The third kappa shape index (κ3) is 8.88. The molecule has 0 saturated heterocycles. The molecule has 0 aromatic heterocycles. The van der Waals surface area contributed by atoms with Gasteiger partial charge in [0, 0.05) is 0 Å². The van der Waals surface area contributed by atoms with E-state index in [0.717, 1.165) is 12.7 Å². The number of carbonyl (C=O) groups excluding carboxylic acids is 3. The summed E-state index contributed by atoms with van der Waals surface area (Å²) in [5.74, 6) is -0.757. The summed E-state index contributed by atoms with van der Waals surface area (Å²) < 4.78 is 14.6. The second-order valence-corrected chi connectivity index (χ2v) is 6.20. The minimum absolute atomic E-state index is 0.0393. The van der Waals surface area contributed by atoms with Crippen LogP contribution in [0.15, 0.2) is 30.3 Å². The fourth-order valence-corrected chi connectivity index (χ4v) is 1.70. The molecule has 0 unspecified atom stereocenters. The Balaban J connectivity index is 2.44. The van der Waals surface area contributed by atoms with Crippen molar-refractivity contribution in [2.24, 2.45) is 0 Å². The molecular formula is C17H24N2O7. The van der Waals surface area contributed by atoms with Gasteiger partial charge in [0.05, 0.1) is 7.11 Å². The summed E-state index contributed by atoms with van der Waals surface area (Å²) >= 11 is 0. The zero-order valence-corrected chi connectivity index (χ0v) is 15.2. The number of rotatable bonds is 7. The molecule has 1 aromatic carbocycles. The van der Waals surface area contributed by atoms with E-state index in [1.54, 1.807) is 32.9 Å². The molecule has 0 heterocycles. The Kier molecular flexibility index (Phi) is 8.36. The van der Waals surface area contributed by atoms with Crippen molar-refractivity contribution in [2.45, 2.75) is 39.0 Å². The van der Waals surface area contributed by atoms with Gasteiger partial charge in [-0.25, -0.2) is 14.4 Å². The van der Waals surface area contributed by atoms with Crippen molar-refractivity contribution in [3.8, 4) is 0 Å². The fourth-order valence-electron chi connectivity index (χ4n) is 1.70. The maximum Gasteiger partial charge on any atom is 0.431 e. The van der Waals surface area contributed by atoms with Gasteiger partial charge < -0.3 is 19.5 Å². The molecule has 9 nitrogen and oxygen atoms in total. The van der Waals surface area contributed by atoms with Crippen LogP contribution in [0.1, 0.15) is 26.3 Å². The Labute approximate surface area is 151 Å². The molecule has 0 aliphatic heterocycles. The van der Waals surface area contributed by atoms with Crippen LogP contribution in [0.3, 0.4) is 0 Å². The van der Waals surface area contributed by atoms with E-state index in [9.17, 15) is 14.4 Å². The molecule has 1 atom stereocenters. The molecule has 0 aliphatic rings. The Morgan fingerprint density at radius 1 is 1.08 bits per heavy atom. The van der Waals surface area contributed by atoms with E-state index in [-0.39, 0.29) is 13.2 Å². The topological polar surface area (TPSA) is 112 Å². The number of nitrogens with one attached hydrogen (secondary N) is 2. The van der Waals surface area contributed by atoms with Gasteiger partial charge >= 0.3 is 18.2 Å². The van der Waals surface area contributed by atoms with Crippen LogP contribution in [0.4, 0.5) is 9.59 Å². The minimum atomic E-state index is -1.17. The van der Waals surface area contributed by atoms with E-state index in [0.29, 0.717) is 0 Å². The van der Waals surface area contributed by atoms with E-state index in [4.69, 9.17) is 14.3 Å². The lowest BCUT2D eigenvalue weighted by molar-refractivity contribution is -0.145. The average Bonchev–Trinajstić information content (AvgIpc) is 2.57. The SMILES string of the molecule is COC(=O)[C@H](CONC(=O)OC(C)(C)C)NC(=O)OCc1ccccc1. The van der Waals surface area contributed by atoms with E-state index in [1.165, 1.54) is 0 Å². The van der Waals surface area contributed by atoms with Gasteiger partial charge in [-0.2, -0.15) is 5.48 Å². The summed E-state index contributed by atoms with van der Waals surface area (Å²) in [6.07, 6.45) is -1.65. The maximum absolute atomic E-state index is 11.8. The average molecular weight is 368 g/mol. The van der Waals surface area contributed by atoms with Crippen molar-refractivity contribution in [3.63, 3.8) is 0 Å². The third-order valence-corrected chi connectivity index (χ3v) is 2.79. The number of methoxy groups -OCH3 is 1. The summed E-state index contributed by atoms with van der Waals surface area (Å²) in [6.45, 7) is 4.74. The summed E-state index contributed by atoms with van der Waals surface area (Å²) in [6, 6.07) is 7.87. The number of benzene rings is 1. The number of hydrogen-bond acceptors (Lipinski definition) is 7. The van der Waals surface area contributed by atoms with Gasteiger partial charge in [-0.15, -0.1) is 0 Å². The van der Waals surface area contributed by atoms with Crippen LogP contribution in [0.25, 0.3) is 0 Å². The molecule has 9 heteroatoms. The Hall–Kier alpha value is -2.81. The first-order valence-electron chi connectivity index (χ1n) is 7.87. The number of carbonyl (C=O) groups is 3. The summed E-state index contributed by atoms with van der Waals surface area (Å²) in [4.78, 5) is 39.9. The Bertz CT molecular complexity index is 599. The predicted octanol–water partition coefficient (Wildman–Crippen LogP) is 1.91. The third-order valence-electron chi connectivity index (χ3n) is 2.79. The lowest BCUT2D eigenvalue weighted by Gasteiger charge is -2.20. The van der Waals surface area contributed by atoms with Gasteiger partial charge in [0.15, 0.2) is 6.04 Å². The lowest BCUT2D eigenvalue weighted by atomic mass is 10.2. The van der Waals surface area contributed by atoms with Gasteiger partial charge in [0.2, 0.25) is 0 Å². The molecule has 144 valence electrons. The van der Waals surface area contributed by atoms with Crippen LogP contribution in [0.5, 0.6) is 0 Å². The lowest BCUT2D eigenvalue weighted by Crippen LogP contribution is -2.46. The second kappa shape index (κ2) is 10.2. The van der Waals surface area contributed by atoms with Crippen LogP contribution in [-0.4, -0.2) is 43.5 Å². The van der Waals surface area contributed by atoms with Crippen molar-refractivity contribution < 1.29 is 33.4 Å². The van der Waals surface area contributed by atoms with E-state index < -0.39 is 29.8 Å². The quantitative estimate of drug-likeness (QED) is 0.429. The Morgan fingerprint density at radius 3 is 2.31 bits per heavy atom. The summed E-state index contributed by atoms with van der Waals surface area (Å²) in [5.41, 5.74) is 2.11. The van der Waals surface area contributed by atoms with Crippen molar-refractivity contribution in [2.75, 3.05) is 13.7 Å². The van der Waals surface area contributed by atoms with E-state index in [2.05, 4.69) is 10.1 Å². The number of hydroxylamine groups is 1. The van der Waals surface area contributed by atoms with E-state index in [1.807, 2.05) is 23.7 Å². The molecule has 0 fully saturated rings. The minimum Gasteiger partial charge on any atom is -0.467 e. The molecule has 2 N–H and O–H groups in total. The van der Waals surface area contributed by atoms with Gasteiger partial charge in [0.1, 0.15) is 18.8 Å². The van der Waals surface area contributed by atoms with Crippen molar-refractivity contribution in [3.05, 3.63) is 35.9 Å². The standard InChI is InChI=1S/C17H24N2O7/c1-17(2,3)26-16(22)19-25-11-13(14(20)23-4)18-15(21)24-10-12-8-6-5-7-9-12/h5-9,13H,10-11H2,1-4H3,(H,18,21)(H,19,22)/t13-/m0/s1. The zero-order chi connectivity index (χ0) is 19.6. The van der Waals surface area contributed by atoms with E-state index >= 15 is 0 Å². The maximum atomic E-state index is 11.8. The molecule has 1 rings (SSSR count). The van der Waals surface area contributed by atoms with Crippen molar-refractivity contribution >= 4 is 18.2 Å². The molecule has 26 heavy (non-hydrogen) atoms. The zero-order valence-electron chi connectivity index (χ0n) is 15.2. The largest absolute Gasteiger partial charge is 0.467 e. The number of esters is 1. The first kappa shape index (κ1) is 21.2. The highest BCUT2D eigenvalue weighted by Crippen LogP contribution is 2.06. The van der Waals surface area contributed by atoms with Crippen molar-refractivity contribution in [1.82, 2.24) is 10.8 Å². The highest BCUT2D eigenvalue weighted by atomic mass is 16.7. The molecule has 0 radical (unpaired) electrons. The van der Waals surface area contributed by atoms with Crippen LogP contribution < -0.4 is 10.8 Å².